The Balaban J connectivity index is 2.59. The van der Waals surface area contributed by atoms with Gasteiger partial charge in [0.1, 0.15) is 0 Å². The molecule has 2 nitrogen and oxygen atoms in total. The van der Waals surface area contributed by atoms with Crippen molar-refractivity contribution in [1.82, 2.24) is 5.32 Å². The lowest BCUT2D eigenvalue weighted by atomic mass is 10.0. The van der Waals surface area contributed by atoms with Gasteiger partial charge < -0.3 is 5.32 Å². The van der Waals surface area contributed by atoms with Crippen molar-refractivity contribution in [3.05, 3.63) is 34.3 Å². The summed E-state index contributed by atoms with van der Waals surface area (Å²) in [5.41, 5.74) is 1.60. The summed E-state index contributed by atoms with van der Waals surface area (Å²) in [6.45, 7) is 4.69. The number of carbonyl (C=O) groups is 1. The minimum absolute atomic E-state index is 0.0753. The van der Waals surface area contributed by atoms with Crippen molar-refractivity contribution in [3.63, 3.8) is 0 Å². The molecule has 0 aliphatic carbocycles. The Kier molecular flexibility index (Phi) is 6.51. The summed E-state index contributed by atoms with van der Waals surface area (Å²) in [6.07, 6.45) is 1.94. The van der Waals surface area contributed by atoms with Crippen molar-refractivity contribution in [2.24, 2.45) is 5.92 Å². The Labute approximate surface area is 119 Å². The molecular weight excluding hydrogens is 269 g/mol. The molecule has 18 heavy (non-hydrogen) atoms. The van der Waals surface area contributed by atoms with E-state index >= 15 is 0 Å². The smallest absolute Gasteiger partial charge is 0.251 e. The first-order chi connectivity index (χ1) is 8.56. The molecular formula is C14H19Cl2NO. The Morgan fingerprint density at radius 3 is 2.67 bits per heavy atom. The highest BCUT2D eigenvalue weighted by Gasteiger charge is 2.10. The molecule has 0 radical (unpaired) electrons. The third kappa shape index (κ3) is 4.87. The molecule has 0 bridgehead atoms. The maximum atomic E-state index is 12.0. The lowest BCUT2D eigenvalue weighted by Gasteiger charge is -2.14. The molecule has 0 fully saturated rings. The Morgan fingerprint density at radius 1 is 1.39 bits per heavy atom. The highest BCUT2D eigenvalue weighted by Crippen LogP contribution is 2.15. The summed E-state index contributed by atoms with van der Waals surface area (Å²) in [5, 5.41) is 3.52. The van der Waals surface area contributed by atoms with Crippen molar-refractivity contribution >= 4 is 29.1 Å². The van der Waals surface area contributed by atoms with Gasteiger partial charge in [0.15, 0.2) is 0 Å². The van der Waals surface area contributed by atoms with Gasteiger partial charge in [-0.1, -0.05) is 24.9 Å². The van der Waals surface area contributed by atoms with Gasteiger partial charge in [-0.05, 0) is 43.0 Å². The molecule has 0 spiro atoms. The van der Waals surface area contributed by atoms with Gasteiger partial charge >= 0.3 is 0 Å². The zero-order valence-electron chi connectivity index (χ0n) is 10.8. The Morgan fingerprint density at radius 2 is 2.11 bits per heavy atom. The third-order valence-corrected chi connectivity index (χ3v) is 3.39. The molecule has 1 N–H and O–H groups in total. The van der Waals surface area contributed by atoms with Crippen molar-refractivity contribution in [1.29, 1.82) is 0 Å². The van der Waals surface area contributed by atoms with E-state index in [0.717, 1.165) is 18.4 Å². The lowest BCUT2D eigenvalue weighted by molar-refractivity contribution is 0.0946. The molecule has 1 aromatic rings. The van der Waals surface area contributed by atoms with Gasteiger partial charge in [-0.2, -0.15) is 0 Å². The largest absolute Gasteiger partial charge is 0.352 e. The molecule has 0 saturated heterocycles. The van der Waals surface area contributed by atoms with E-state index < -0.39 is 0 Å². The topological polar surface area (TPSA) is 29.1 Å². The molecule has 1 rings (SSSR count). The average molecular weight is 288 g/mol. The monoisotopic (exact) mass is 287 g/mol. The van der Waals surface area contributed by atoms with Crippen molar-refractivity contribution in [2.45, 2.75) is 26.7 Å². The highest BCUT2D eigenvalue weighted by molar-refractivity contribution is 6.31. The zero-order chi connectivity index (χ0) is 13.5. The fraction of sp³-hybridized carbons (Fsp3) is 0.500. The van der Waals surface area contributed by atoms with Crippen molar-refractivity contribution in [3.8, 4) is 0 Å². The van der Waals surface area contributed by atoms with E-state index in [1.807, 2.05) is 19.1 Å². The second-order valence-electron chi connectivity index (χ2n) is 4.48. The van der Waals surface area contributed by atoms with E-state index in [2.05, 4.69) is 12.2 Å². The van der Waals surface area contributed by atoms with E-state index in [0.29, 0.717) is 28.9 Å². The number of rotatable bonds is 6. The molecule has 0 aromatic heterocycles. The van der Waals surface area contributed by atoms with Crippen LogP contribution in [0.3, 0.4) is 0 Å². The van der Waals surface area contributed by atoms with E-state index in [-0.39, 0.29) is 5.91 Å². The van der Waals surface area contributed by atoms with Crippen LogP contribution in [0.4, 0.5) is 0 Å². The van der Waals surface area contributed by atoms with Gasteiger partial charge in [0, 0.05) is 23.0 Å². The number of benzene rings is 1. The number of hydrogen-bond donors (Lipinski definition) is 1. The van der Waals surface area contributed by atoms with Crippen molar-refractivity contribution < 1.29 is 4.79 Å². The van der Waals surface area contributed by atoms with Crippen molar-refractivity contribution in [2.75, 3.05) is 12.4 Å². The first-order valence-electron chi connectivity index (χ1n) is 6.18. The molecule has 4 heteroatoms. The summed E-state index contributed by atoms with van der Waals surface area (Å²) in [5.74, 6) is 0.991. The van der Waals surface area contributed by atoms with Crippen LogP contribution in [0.15, 0.2) is 18.2 Å². The van der Waals surface area contributed by atoms with Crippen LogP contribution in [-0.2, 0) is 0 Å². The average Bonchev–Trinajstić information content (AvgIpc) is 2.32. The molecule has 0 heterocycles. The number of halogens is 2. The van der Waals surface area contributed by atoms with Crippen LogP contribution < -0.4 is 5.32 Å². The van der Waals surface area contributed by atoms with Gasteiger partial charge in [0.05, 0.1) is 0 Å². The molecule has 0 aliphatic heterocycles. The predicted molar refractivity (Wildman–Crippen MR) is 77.6 cm³/mol. The lowest BCUT2D eigenvalue weighted by Crippen LogP contribution is -2.29. The summed E-state index contributed by atoms with van der Waals surface area (Å²) >= 11 is 11.7. The maximum absolute atomic E-state index is 12.0. The molecule has 100 valence electrons. The minimum atomic E-state index is -0.0753. The van der Waals surface area contributed by atoms with Crippen LogP contribution in [0.5, 0.6) is 0 Å². The molecule has 1 amide bonds. The van der Waals surface area contributed by atoms with Gasteiger partial charge in [0.25, 0.3) is 5.91 Å². The Hall–Kier alpha value is -0.730. The summed E-state index contributed by atoms with van der Waals surface area (Å²) < 4.78 is 0. The molecule has 0 aliphatic rings. The number of carbonyl (C=O) groups excluding carboxylic acids is 1. The summed E-state index contributed by atoms with van der Waals surface area (Å²) in [6, 6.07) is 5.36. The van der Waals surface area contributed by atoms with Crippen LogP contribution in [0.25, 0.3) is 0 Å². The second kappa shape index (κ2) is 7.65. The van der Waals surface area contributed by atoms with Gasteiger partial charge in [-0.25, -0.2) is 0 Å². The van der Waals surface area contributed by atoms with Gasteiger partial charge in [-0.3, -0.25) is 4.79 Å². The standard InChI is InChI=1S/C14H19Cl2NO/c1-3-11(4-5-15)9-17-14(18)12-6-10(2)7-13(16)8-12/h6-8,11H,3-5,9H2,1-2H3,(H,17,18). The van der Waals surface area contributed by atoms with Gasteiger partial charge in [-0.15, -0.1) is 11.6 Å². The first-order valence-corrected chi connectivity index (χ1v) is 7.09. The zero-order valence-corrected chi connectivity index (χ0v) is 12.3. The fourth-order valence-electron chi connectivity index (χ4n) is 1.81. The Bertz CT molecular complexity index is 387. The third-order valence-electron chi connectivity index (χ3n) is 2.95. The quantitative estimate of drug-likeness (QED) is 0.787. The van der Waals surface area contributed by atoms with Gasteiger partial charge in [0.2, 0.25) is 0 Å². The molecule has 1 aromatic carbocycles. The van der Waals surface area contributed by atoms with Crippen LogP contribution in [0.2, 0.25) is 5.02 Å². The SMILES string of the molecule is CCC(CCCl)CNC(=O)c1cc(C)cc(Cl)c1. The number of alkyl halides is 1. The number of nitrogens with one attached hydrogen (secondary N) is 1. The first kappa shape index (κ1) is 15.3. The molecule has 1 atom stereocenters. The number of amides is 1. The molecule has 0 saturated carbocycles. The van der Waals surface area contributed by atoms with Crippen LogP contribution >= 0.6 is 23.2 Å². The summed E-state index contributed by atoms with van der Waals surface area (Å²) in [4.78, 5) is 12.0. The normalized spacial score (nSPS) is 12.2. The van der Waals surface area contributed by atoms with Crippen LogP contribution in [0, 0.1) is 12.8 Å². The highest BCUT2D eigenvalue weighted by atomic mass is 35.5. The predicted octanol–water partition coefficient (Wildman–Crippen LogP) is 4.03. The molecule has 1 unspecified atom stereocenters. The van der Waals surface area contributed by atoms with E-state index in [1.165, 1.54) is 0 Å². The maximum Gasteiger partial charge on any atom is 0.251 e. The summed E-state index contributed by atoms with van der Waals surface area (Å²) in [7, 11) is 0. The number of aryl methyl sites for hydroxylation is 1. The second-order valence-corrected chi connectivity index (χ2v) is 5.29. The van der Waals surface area contributed by atoms with Crippen LogP contribution in [0.1, 0.15) is 35.7 Å². The minimum Gasteiger partial charge on any atom is -0.352 e. The van der Waals surface area contributed by atoms with E-state index in [4.69, 9.17) is 23.2 Å². The number of hydrogen-bond acceptors (Lipinski definition) is 1. The fourth-order valence-corrected chi connectivity index (χ4v) is 2.41. The van der Waals surface area contributed by atoms with E-state index in [1.54, 1.807) is 6.07 Å². The van der Waals surface area contributed by atoms with E-state index in [9.17, 15) is 4.79 Å². The van der Waals surface area contributed by atoms with Crippen LogP contribution in [-0.4, -0.2) is 18.3 Å².